The molecule has 0 aliphatic rings. The van der Waals surface area contributed by atoms with Crippen LogP contribution in [0.25, 0.3) is 0 Å². The van der Waals surface area contributed by atoms with Crippen molar-refractivity contribution in [3.05, 3.63) is 58.1 Å². The molecule has 2 aromatic rings. The Kier molecular flexibility index (Phi) is 3.28. The molecule has 0 spiro atoms. The third kappa shape index (κ3) is 2.59. The summed E-state index contributed by atoms with van der Waals surface area (Å²) in [6, 6.07) is 6.49. The summed E-state index contributed by atoms with van der Waals surface area (Å²) in [4.78, 5) is 9.85. The lowest BCUT2D eigenvalue weighted by molar-refractivity contribution is -0.385. The van der Waals surface area contributed by atoms with Crippen molar-refractivity contribution in [2.45, 2.75) is 0 Å². The fourth-order valence-corrected chi connectivity index (χ4v) is 1.39. The Morgan fingerprint density at radius 3 is 2.32 bits per heavy atom. The number of hydrogen-bond acceptors (Lipinski definition) is 4. The normalized spacial score (nSPS) is 10.2. The number of nitro benzene ring substituents is 1. The molecule has 0 bridgehead atoms. The van der Waals surface area contributed by atoms with Crippen molar-refractivity contribution in [3.63, 3.8) is 0 Å². The third-order valence-electron chi connectivity index (χ3n) is 2.28. The van der Waals surface area contributed by atoms with Gasteiger partial charge < -0.3 is 9.84 Å². The van der Waals surface area contributed by atoms with Gasteiger partial charge in [0.15, 0.2) is 5.82 Å². The van der Waals surface area contributed by atoms with Crippen molar-refractivity contribution in [2.75, 3.05) is 0 Å². The van der Waals surface area contributed by atoms with Gasteiger partial charge in [-0.1, -0.05) is 0 Å². The van der Waals surface area contributed by atoms with Crippen molar-refractivity contribution < 1.29 is 23.5 Å². The molecule has 1 N–H and O–H groups in total. The van der Waals surface area contributed by atoms with Gasteiger partial charge in [0.05, 0.1) is 4.92 Å². The maximum atomic E-state index is 13.5. The van der Waals surface area contributed by atoms with Gasteiger partial charge in [-0.3, -0.25) is 10.1 Å². The van der Waals surface area contributed by atoms with Gasteiger partial charge in [0.25, 0.3) is 0 Å². The van der Waals surface area contributed by atoms with E-state index in [1.165, 1.54) is 24.3 Å². The molecule has 2 rings (SSSR count). The maximum absolute atomic E-state index is 13.5. The van der Waals surface area contributed by atoms with Crippen LogP contribution in [0.15, 0.2) is 36.4 Å². The molecule has 0 unspecified atom stereocenters. The highest BCUT2D eigenvalue weighted by Crippen LogP contribution is 2.35. The molecule has 98 valence electrons. The first-order valence-electron chi connectivity index (χ1n) is 5.08. The van der Waals surface area contributed by atoms with Gasteiger partial charge in [-0.15, -0.1) is 0 Å². The number of phenols is 1. The van der Waals surface area contributed by atoms with Crippen molar-refractivity contribution >= 4 is 5.69 Å². The van der Waals surface area contributed by atoms with Crippen LogP contribution >= 0.6 is 0 Å². The van der Waals surface area contributed by atoms with E-state index in [1.807, 2.05) is 0 Å². The summed E-state index contributed by atoms with van der Waals surface area (Å²) in [5, 5.41) is 19.8. The number of halogens is 2. The Morgan fingerprint density at radius 2 is 1.74 bits per heavy atom. The Bertz CT molecular complexity index is 628. The molecule has 7 heteroatoms. The quantitative estimate of drug-likeness (QED) is 0.683. The smallest absolute Gasteiger partial charge is 0.314 e. The molecule has 0 aliphatic heterocycles. The van der Waals surface area contributed by atoms with Gasteiger partial charge in [-0.2, -0.15) is 4.39 Å². The minimum Gasteiger partial charge on any atom is -0.508 e. The average molecular weight is 267 g/mol. The molecule has 0 amide bonds. The van der Waals surface area contributed by atoms with Crippen LogP contribution in [-0.4, -0.2) is 10.0 Å². The zero-order valence-corrected chi connectivity index (χ0v) is 9.34. The zero-order chi connectivity index (χ0) is 14.0. The number of aromatic hydroxyl groups is 1. The van der Waals surface area contributed by atoms with E-state index in [2.05, 4.69) is 0 Å². The summed E-state index contributed by atoms with van der Waals surface area (Å²) in [7, 11) is 0. The highest BCUT2D eigenvalue weighted by Gasteiger charge is 2.23. The summed E-state index contributed by atoms with van der Waals surface area (Å²) in [6.45, 7) is 0. The molecule has 5 nitrogen and oxygen atoms in total. The molecule has 0 saturated heterocycles. The van der Waals surface area contributed by atoms with Crippen LogP contribution in [0.4, 0.5) is 14.5 Å². The molecule has 0 radical (unpaired) electrons. The summed E-state index contributed by atoms with van der Waals surface area (Å²) >= 11 is 0. The van der Waals surface area contributed by atoms with Crippen LogP contribution in [0, 0.1) is 21.7 Å². The number of ether oxygens (including phenoxy) is 1. The van der Waals surface area contributed by atoms with E-state index in [0.717, 1.165) is 6.07 Å². The van der Waals surface area contributed by atoms with Crippen LogP contribution in [0.1, 0.15) is 0 Å². The lowest BCUT2D eigenvalue weighted by Gasteiger charge is -2.07. The van der Waals surface area contributed by atoms with E-state index < -0.39 is 28.0 Å². The number of rotatable bonds is 3. The van der Waals surface area contributed by atoms with Gasteiger partial charge in [-0.25, -0.2) is 4.39 Å². The number of nitro groups is 1. The van der Waals surface area contributed by atoms with Crippen molar-refractivity contribution in [3.8, 4) is 17.2 Å². The predicted molar refractivity (Wildman–Crippen MR) is 61.2 cm³/mol. The van der Waals surface area contributed by atoms with E-state index in [-0.39, 0.29) is 11.5 Å². The minimum absolute atomic E-state index is 0.0328. The molecule has 0 atom stereocenters. The topological polar surface area (TPSA) is 72.6 Å². The molecule has 19 heavy (non-hydrogen) atoms. The molecule has 0 aliphatic carbocycles. The second-order valence-electron chi connectivity index (χ2n) is 3.56. The fourth-order valence-electron chi connectivity index (χ4n) is 1.39. The summed E-state index contributed by atoms with van der Waals surface area (Å²) in [6.07, 6.45) is 0. The molecule has 0 saturated carbocycles. The Hall–Kier alpha value is -2.70. The fraction of sp³-hybridized carbons (Fsp3) is 0. The third-order valence-corrected chi connectivity index (χ3v) is 2.28. The van der Waals surface area contributed by atoms with E-state index >= 15 is 0 Å². The highest BCUT2D eigenvalue weighted by atomic mass is 19.2. The van der Waals surface area contributed by atoms with Gasteiger partial charge in [0.1, 0.15) is 11.5 Å². The van der Waals surface area contributed by atoms with Crippen LogP contribution in [0.5, 0.6) is 17.2 Å². The first kappa shape index (κ1) is 12.7. The summed E-state index contributed by atoms with van der Waals surface area (Å²) in [5.74, 6) is -3.52. The van der Waals surface area contributed by atoms with Gasteiger partial charge in [0, 0.05) is 6.07 Å². The Balaban J connectivity index is 2.46. The predicted octanol–water partition coefficient (Wildman–Crippen LogP) is 3.37. The molecular formula is C12H7F2NO4. The van der Waals surface area contributed by atoms with Crippen molar-refractivity contribution in [1.29, 1.82) is 0 Å². The van der Waals surface area contributed by atoms with Crippen LogP contribution in [0.2, 0.25) is 0 Å². The minimum atomic E-state index is -1.44. The second kappa shape index (κ2) is 4.89. The first-order valence-corrected chi connectivity index (χ1v) is 5.08. The number of benzene rings is 2. The molecular weight excluding hydrogens is 260 g/mol. The van der Waals surface area contributed by atoms with Crippen molar-refractivity contribution in [2.24, 2.45) is 0 Å². The monoisotopic (exact) mass is 267 g/mol. The lowest BCUT2D eigenvalue weighted by atomic mass is 10.2. The Labute approximate surface area is 105 Å². The van der Waals surface area contributed by atoms with Crippen LogP contribution in [0.3, 0.4) is 0 Å². The lowest BCUT2D eigenvalue weighted by Crippen LogP contribution is -1.98. The van der Waals surface area contributed by atoms with Crippen LogP contribution in [-0.2, 0) is 0 Å². The number of hydrogen-bond donors (Lipinski definition) is 1. The largest absolute Gasteiger partial charge is 0.508 e. The SMILES string of the molecule is O=[N+]([O-])c1ccc(F)c(F)c1Oc1ccc(O)cc1. The summed E-state index contributed by atoms with van der Waals surface area (Å²) in [5.41, 5.74) is -0.688. The van der Waals surface area contributed by atoms with Crippen molar-refractivity contribution in [1.82, 2.24) is 0 Å². The molecule has 0 heterocycles. The standard InChI is InChI=1S/C12H7F2NO4/c13-9-5-6-10(15(17)18)12(11(9)14)19-8-3-1-7(16)2-4-8/h1-6,16H. The molecule has 2 aromatic carbocycles. The van der Waals surface area contributed by atoms with E-state index in [9.17, 15) is 18.9 Å². The van der Waals surface area contributed by atoms with Crippen LogP contribution < -0.4 is 4.74 Å². The van der Waals surface area contributed by atoms with Gasteiger partial charge in [0.2, 0.25) is 11.6 Å². The van der Waals surface area contributed by atoms with Gasteiger partial charge in [-0.05, 0) is 30.3 Å². The maximum Gasteiger partial charge on any atom is 0.314 e. The first-order chi connectivity index (χ1) is 8.99. The van der Waals surface area contributed by atoms with E-state index in [4.69, 9.17) is 9.84 Å². The average Bonchev–Trinajstić information content (AvgIpc) is 2.37. The van der Waals surface area contributed by atoms with E-state index in [0.29, 0.717) is 6.07 Å². The zero-order valence-electron chi connectivity index (χ0n) is 9.34. The van der Waals surface area contributed by atoms with E-state index in [1.54, 1.807) is 0 Å². The Morgan fingerprint density at radius 1 is 1.11 bits per heavy atom. The number of nitrogens with zero attached hydrogens (tertiary/aromatic N) is 1. The summed E-state index contributed by atoms with van der Waals surface area (Å²) < 4.78 is 31.6. The number of phenolic OH excluding ortho intramolecular Hbond substituents is 1. The second-order valence-corrected chi connectivity index (χ2v) is 3.56. The molecule has 0 aromatic heterocycles. The van der Waals surface area contributed by atoms with Gasteiger partial charge >= 0.3 is 5.69 Å². The highest BCUT2D eigenvalue weighted by molar-refractivity contribution is 5.49. The molecule has 0 fully saturated rings.